The molecule has 2 aromatic rings. The SMILES string of the molecule is NC(CC(=O)O)c1ccc(-c2ccc(F)cc2)cc1. The molecule has 2 aromatic carbocycles. The van der Waals surface area contributed by atoms with Gasteiger partial charge in [0.1, 0.15) is 5.82 Å². The quantitative estimate of drug-likeness (QED) is 0.887. The predicted octanol–water partition coefficient (Wildman–Crippen LogP) is 2.97. The molecule has 0 heterocycles. The molecule has 3 N–H and O–H groups in total. The van der Waals surface area contributed by atoms with E-state index in [4.69, 9.17) is 10.8 Å². The standard InChI is InChI=1S/C15H14FNO2/c16-13-7-5-11(6-8-13)10-1-3-12(4-2-10)14(17)9-15(18)19/h1-8,14H,9,17H2,(H,18,19). The van der Waals surface area contributed by atoms with Gasteiger partial charge in [-0.2, -0.15) is 0 Å². The summed E-state index contributed by atoms with van der Waals surface area (Å²) in [6.07, 6.45) is -0.101. The van der Waals surface area contributed by atoms with E-state index < -0.39 is 12.0 Å². The minimum absolute atomic E-state index is 0.101. The molecule has 19 heavy (non-hydrogen) atoms. The lowest BCUT2D eigenvalue weighted by Crippen LogP contribution is -2.14. The Balaban J connectivity index is 2.18. The van der Waals surface area contributed by atoms with Crippen molar-refractivity contribution in [2.75, 3.05) is 0 Å². The zero-order valence-corrected chi connectivity index (χ0v) is 10.2. The van der Waals surface area contributed by atoms with Crippen LogP contribution < -0.4 is 5.73 Å². The van der Waals surface area contributed by atoms with E-state index in [1.807, 2.05) is 12.1 Å². The van der Waals surface area contributed by atoms with Crippen LogP contribution in [0.2, 0.25) is 0 Å². The lowest BCUT2D eigenvalue weighted by molar-refractivity contribution is -0.137. The predicted molar refractivity (Wildman–Crippen MR) is 71.0 cm³/mol. The fraction of sp³-hybridized carbons (Fsp3) is 0.133. The largest absolute Gasteiger partial charge is 0.481 e. The van der Waals surface area contributed by atoms with Crippen LogP contribution in [0.1, 0.15) is 18.0 Å². The van der Waals surface area contributed by atoms with E-state index in [9.17, 15) is 9.18 Å². The van der Waals surface area contributed by atoms with Crippen molar-refractivity contribution in [1.29, 1.82) is 0 Å². The Morgan fingerprint density at radius 2 is 1.53 bits per heavy atom. The van der Waals surface area contributed by atoms with E-state index in [1.54, 1.807) is 24.3 Å². The molecule has 0 amide bonds. The van der Waals surface area contributed by atoms with Crippen LogP contribution >= 0.6 is 0 Å². The molecule has 0 aliphatic rings. The van der Waals surface area contributed by atoms with Crippen LogP contribution in [0.25, 0.3) is 11.1 Å². The molecule has 3 nitrogen and oxygen atoms in total. The molecule has 0 aliphatic carbocycles. The first-order chi connectivity index (χ1) is 9.06. The highest BCUT2D eigenvalue weighted by molar-refractivity contribution is 5.68. The summed E-state index contributed by atoms with van der Waals surface area (Å²) in [6, 6.07) is 13.0. The third-order valence-electron chi connectivity index (χ3n) is 2.91. The molecular formula is C15H14FNO2. The molecule has 98 valence electrons. The molecule has 0 saturated carbocycles. The summed E-state index contributed by atoms with van der Waals surface area (Å²) in [6.45, 7) is 0. The van der Waals surface area contributed by atoms with Gasteiger partial charge in [0.05, 0.1) is 6.42 Å². The van der Waals surface area contributed by atoms with E-state index in [-0.39, 0.29) is 12.2 Å². The molecule has 0 spiro atoms. The highest BCUT2D eigenvalue weighted by Gasteiger charge is 2.10. The monoisotopic (exact) mass is 259 g/mol. The zero-order valence-electron chi connectivity index (χ0n) is 10.2. The van der Waals surface area contributed by atoms with Gasteiger partial charge in [0.2, 0.25) is 0 Å². The average Bonchev–Trinajstić information content (AvgIpc) is 2.39. The highest BCUT2D eigenvalue weighted by atomic mass is 19.1. The number of rotatable bonds is 4. The fourth-order valence-electron chi connectivity index (χ4n) is 1.87. The summed E-state index contributed by atoms with van der Waals surface area (Å²) in [5.41, 5.74) is 8.38. The van der Waals surface area contributed by atoms with Gasteiger partial charge >= 0.3 is 5.97 Å². The normalized spacial score (nSPS) is 12.1. The fourth-order valence-corrected chi connectivity index (χ4v) is 1.87. The van der Waals surface area contributed by atoms with E-state index in [2.05, 4.69) is 0 Å². The van der Waals surface area contributed by atoms with E-state index >= 15 is 0 Å². The summed E-state index contributed by atoms with van der Waals surface area (Å²) < 4.78 is 12.8. The van der Waals surface area contributed by atoms with Crippen LogP contribution in [-0.4, -0.2) is 11.1 Å². The summed E-state index contributed by atoms with van der Waals surface area (Å²) in [5, 5.41) is 8.69. The van der Waals surface area contributed by atoms with Crippen molar-refractivity contribution >= 4 is 5.97 Å². The van der Waals surface area contributed by atoms with Crippen molar-refractivity contribution in [3.8, 4) is 11.1 Å². The van der Waals surface area contributed by atoms with Crippen molar-refractivity contribution in [3.05, 3.63) is 59.9 Å². The Kier molecular flexibility index (Phi) is 3.92. The number of halogens is 1. The molecule has 0 aromatic heterocycles. The molecule has 0 saturated heterocycles. The number of carbonyl (C=O) groups is 1. The summed E-state index contributed by atoms with van der Waals surface area (Å²) >= 11 is 0. The first kappa shape index (κ1) is 13.2. The summed E-state index contributed by atoms with van der Waals surface area (Å²) in [5.74, 6) is -1.20. The molecule has 2 rings (SSSR count). The van der Waals surface area contributed by atoms with Crippen molar-refractivity contribution in [2.24, 2.45) is 5.73 Å². The molecule has 0 radical (unpaired) electrons. The van der Waals surface area contributed by atoms with Crippen LogP contribution in [-0.2, 0) is 4.79 Å². The number of hydrogen-bond donors (Lipinski definition) is 2. The molecule has 0 aliphatic heterocycles. The van der Waals surface area contributed by atoms with Crippen molar-refractivity contribution in [2.45, 2.75) is 12.5 Å². The molecule has 0 fully saturated rings. The number of carboxylic acid groups (broad SMARTS) is 1. The molecule has 1 unspecified atom stereocenters. The topological polar surface area (TPSA) is 63.3 Å². The van der Waals surface area contributed by atoms with Gasteiger partial charge in [-0.3, -0.25) is 4.79 Å². The summed E-state index contributed by atoms with van der Waals surface area (Å²) in [4.78, 5) is 10.6. The third kappa shape index (κ3) is 3.39. The Morgan fingerprint density at radius 1 is 1.05 bits per heavy atom. The Bertz CT molecular complexity index is 564. The first-order valence-corrected chi connectivity index (χ1v) is 5.89. The van der Waals surface area contributed by atoms with E-state index in [0.717, 1.165) is 16.7 Å². The van der Waals surface area contributed by atoms with Gasteiger partial charge in [0.15, 0.2) is 0 Å². The maximum absolute atomic E-state index is 12.8. The van der Waals surface area contributed by atoms with Crippen LogP contribution in [0.5, 0.6) is 0 Å². The van der Waals surface area contributed by atoms with E-state index in [1.165, 1.54) is 12.1 Å². The summed E-state index contributed by atoms with van der Waals surface area (Å²) in [7, 11) is 0. The Labute approximate surface area is 110 Å². The smallest absolute Gasteiger partial charge is 0.305 e. The van der Waals surface area contributed by atoms with Crippen LogP contribution in [0, 0.1) is 5.82 Å². The van der Waals surface area contributed by atoms with Gasteiger partial charge in [-0.1, -0.05) is 36.4 Å². The average molecular weight is 259 g/mol. The zero-order chi connectivity index (χ0) is 13.8. The maximum Gasteiger partial charge on any atom is 0.305 e. The van der Waals surface area contributed by atoms with Crippen molar-refractivity contribution in [1.82, 2.24) is 0 Å². The third-order valence-corrected chi connectivity index (χ3v) is 2.91. The number of aliphatic carboxylic acids is 1. The number of benzene rings is 2. The van der Waals surface area contributed by atoms with Crippen LogP contribution in [0.3, 0.4) is 0 Å². The second-order valence-electron chi connectivity index (χ2n) is 4.33. The van der Waals surface area contributed by atoms with Crippen molar-refractivity contribution < 1.29 is 14.3 Å². The minimum Gasteiger partial charge on any atom is -0.481 e. The lowest BCUT2D eigenvalue weighted by atomic mass is 10.00. The van der Waals surface area contributed by atoms with Crippen LogP contribution in [0.4, 0.5) is 4.39 Å². The van der Waals surface area contributed by atoms with Gasteiger partial charge in [0, 0.05) is 6.04 Å². The number of hydrogen-bond acceptors (Lipinski definition) is 2. The lowest BCUT2D eigenvalue weighted by Gasteiger charge is -2.10. The molecular weight excluding hydrogens is 245 g/mol. The van der Waals surface area contributed by atoms with Gasteiger partial charge < -0.3 is 10.8 Å². The van der Waals surface area contributed by atoms with Crippen LogP contribution in [0.15, 0.2) is 48.5 Å². The molecule has 4 heteroatoms. The second kappa shape index (κ2) is 5.63. The number of carboxylic acids is 1. The van der Waals surface area contributed by atoms with Gasteiger partial charge in [-0.15, -0.1) is 0 Å². The van der Waals surface area contributed by atoms with E-state index in [0.29, 0.717) is 0 Å². The highest BCUT2D eigenvalue weighted by Crippen LogP contribution is 2.22. The van der Waals surface area contributed by atoms with Gasteiger partial charge in [-0.25, -0.2) is 4.39 Å². The van der Waals surface area contributed by atoms with Gasteiger partial charge in [0.25, 0.3) is 0 Å². The Morgan fingerprint density at radius 3 is 2.00 bits per heavy atom. The Hall–Kier alpha value is -2.20. The maximum atomic E-state index is 12.8. The minimum atomic E-state index is -0.921. The molecule has 1 atom stereocenters. The first-order valence-electron chi connectivity index (χ1n) is 5.89. The second-order valence-corrected chi connectivity index (χ2v) is 4.33. The molecule has 0 bridgehead atoms. The number of nitrogens with two attached hydrogens (primary N) is 1. The van der Waals surface area contributed by atoms with Gasteiger partial charge in [-0.05, 0) is 28.8 Å². The van der Waals surface area contributed by atoms with Crippen molar-refractivity contribution in [3.63, 3.8) is 0 Å².